The van der Waals surface area contributed by atoms with Gasteiger partial charge < -0.3 is 14.6 Å². The topological polar surface area (TPSA) is 86.5 Å². The molecule has 0 radical (unpaired) electrons. The second kappa shape index (κ2) is 30.3. The lowest BCUT2D eigenvalue weighted by molar-refractivity contribution is -0.137. The minimum absolute atomic E-state index is 0.282. The van der Waals surface area contributed by atoms with Gasteiger partial charge in [-0.15, -0.1) is 5.10 Å². The van der Waals surface area contributed by atoms with Gasteiger partial charge in [-0.1, -0.05) is 160 Å². The zero-order chi connectivity index (χ0) is 35.0. The Morgan fingerprint density at radius 2 is 1.02 bits per heavy atom. The van der Waals surface area contributed by atoms with Gasteiger partial charge in [0.15, 0.2) is 0 Å². The molecule has 0 saturated heterocycles. The average Bonchev–Trinajstić information content (AvgIpc) is 3.53. The molecule has 0 saturated carbocycles. The maximum atomic E-state index is 10.7. The van der Waals surface area contributed by atoms with Crippen LogP contribution in [0.3, 0.4) is 0 Å². The van der Waals surface area contributed by atoms with Gasteiger partial charge in [0.2, 0.25) is 0 Å². The van der Waals surface area contributed by atoms with Crippen molar-refractivity contribution < 1.29 is 19.4 Å². The van der Waals surface area contributed by atoms with Crippen LogP contribution in [0.2, 0.25) is 0 Å². The summed E-state index contributed by atoms with van der Waals surface area (Å²) in [6.45, 7) is 6.68. The van der Waals surface area contributed by atoms with Crippen molar-refractivity contribution in [2.45, 2.75) is 200 Å². The van der Waals surface area contributed by atoms with Crippen LogP contribution >= 0.6 is 0 Å². The minimum atomic E-state index is -0.695. The fraction of sp³-hybridized carbons (Fsp3) is 0.786. The summed E-state index contributed by atoms with van der Waals surface area (Å²) in [6.07, 6.45) is 35.9. The second-order valence-electron chi connectivity index (χ2n) is 14.3. The lowest BCUT2D eigenvalue weighted by Gasteiger charge is -2.13. The highest BCUT2D eigenvalue weighted by Gasteiger charge is 2.08. The van der Waals surface area contributed by atoms with Crippen molar-refractivity contribution in [3.63, 3.8) is 0 Å². The number of ether oxygens (including phenoxy) is 2. The zero-order valence-corrected chi connectivity index (χ0v) is 31.7. The van der Waals surface area contributed by atoms with E-state index in [2.05, 4.69) is 48.6 Å². The van der Waals surface area contributed by atoms with Gasteiger partial charge in [0.1, 0.15) is 11.5 Å². The van der Waals surface area contributed by atoms with Crippen molar-refractivity contribution >= 4 is 5.97 Å². The number of benzene rings is 1. The molecular weight excluding hydrogens is 610 g/mol. The normalized spacial score (nSPS) is 11.3. The molecule has 0 aliphatic carbocycles. The molecule has 280 valence electrons. The fourth-order valence-electron chi connectivity index (χ4n) is 6.45. The van der Waals surface area contributed by atoms with Crippen molar-refractivity contribution in [3.8, 4) is 11.5 Å². The third-order valence-corrected chi connectivity index (χ3v) is 9.48. The second-order valence-corrected chi connectivity index (χ2v) is 14.3. The Morgan fingerprint density at radius 1 is 0.592 bits per heavy atom. The molecule has 2 aromatic rings. The lowest BCUT2D eigenvalue weighted by atomic mass is 10.1. The Kier molecular flexibility index (Phi) is 26.3. The predicted molar refractivity (Wildman–Crippen MR) is 204 cm³/mol. The zero-order valence-electron chi connectivity index (χ0n) is 31.7. The Labute approximate surface area is 300 Å². The average molecular weight is 684 g/mol. The predicted octanol–water partition coefficient (Wildman–Crippen LogP) is 12.3. The van der Waals surface area contributed by atoms with E-state index in [0.29, 0.717) is 6.54 Å². The number of carbonyl (C=O) groups is 1. The monoisotopic (exact) mass is 684 g/mol. The Balaban J connectivity index is 1.77. The fourth-order valence-corrected chi connectivity index (χ4v) is 6.45. The summed E-state index contributed by atoms with van der Waals surface area (Å²) in [7, 11) is 0. The molecule has 49 heavy (non-hydrogen) atoms. The minimum Gasteiger partial charge on any atom is -0.493 e. The molecule has 0 atom stereocenters. The first-order valence-corrected chi connectivity index (χ1v) is 20.6. The van der Waals surface area contributed by atoms with E-state index in [4.69, 9.17) is 14.6 Å². The molecule has 1 aromatic carbocycles. The summed E-state index contributed by atoms with van der Waals surface area (Å²) in [5.41, 5.74) is 2.15. The number of carboxylic acid groups (broad SMARTS) is 1. The van der Waals surface area contributed by atoms with Crippen molar-refractivity contribution in [1.82, 2.24) is 15.0 Å². The summed E-state index contributed by atoms with van der Waals surface area (Å²) >= 11 is 0. The van der Waals surface area contributed by atoms with Crippen LogP contribution in [0.5, 0.6) is 11.5 Å². The largest absolute Gasteiger partial charge is 0.493 e. The van der Waals surface area contributed by atoms with Crippen molar-refractivity contribution in [3.05, 3.63) is 35.7 Å². The molecule has 0 aliphatic heterocycles. The van der Waals surface area contributed by atoms with E-state index in [1.54, 1.807) is 0 Å². The van der Waals surface area contributed by atoms with E-state index in [1.807, 2.05) is 4.68 Å². The van der Waals surface area contributed by atoms with Crippen LogP contribution in [0.15, 0.2) is 24.4 Å². The summed E-state index contributed by atoms with van der Waals surface area (Å²) in [6, 6.07) is 6.33. The van der Waals surface area contributed by atoms with Gasteiger partial charge in [-0.05, 0) is 49.8 Å². The van der Waals surface area contributed by atoms with Crippen LogP contribution in [0, 0.1) is 0 Å². The third kappa shape index (κ3) is 24.3. The Bertz CT molecular complexity index is 1010. The smallest absolute Gasteiger partial charge is 0.303 e. The number of carboxylic acids is 1. The van der Waals surface area contributed by atoms with Crippen LogP contribution in [0.25, 0.3) is 0 Å². The molecule has 0 bridgehead atoms. The number of aryl methyl sites for hydroxylation is 1. The third-order valence-electron chi connectivity index (χ3n) is 9.48. The summed E-state index contributed by atoms with van der Waals surface area (Å²) in [4.78, 5) is 10.7. The van der Waals surface area contributed by atoms with Crippen LogP contribution < -0.4 is 9.47 Å². The van der Waals surface area contributed by atoms with Crippen molar-refractivity contribution in [1.29, 1.82) is 0 Å². The number of hydrogen-bond donors (Lipinski definition) is 1. The van der Waals surface area contributed by atoms with Crippen LogP contribution in [0.1, 0.15) is 198 Å². The molecule has 7 nitrogen and oxygen atoms in total. The molecule has 0 aliphatic rings. The van der Waals surface area contributed by atoms with Crippen LogP contribution in [0.4, 0.5) is 0 Å². The van der Waals surface area contributed by atoms with E-state index in [-0.39, 0.29) is 6.42 Å². The van der Waals surface area contributed by atoms with E-state index in [0.717, 1.165) is 93.8 Å². The van der Waals surface area contributed by atoms with Gasteiger partial charge in [0, 0.05) is 18.7 Å². The standard InChI is InChI=1S/C42H73N3O4/c1-3-5-7-9-11-13-15-19-23-27-31-48-40-33-38(34-41(35-40)49-32-28-24-20-16-14-12-10-8-6-4-2)36-45-37-39(43-44-45)29-25-21-17-18-22-26-30-42(46)47/h33-35,37H,3-32,36H2,1-2H3,(H,46,47). The van der Waals surface area contributed by atoms with E-state index in [9.17, 15) is 4.79 Å². The molecule has 1 N–H and O–H groups in total. The van der Waals surface area contributed by atoms with E-state index >= 15 is 0 Å². The van der Waals surface area contributed by atoms with Crippen molar-refractivity contribution in [2.75, 3.05) is 13.2 Å². The molecule has 2 rings (SSSR count). The van der Waals surface area contributed by atoms with Crippen LogP contribution in [-0.2, 0) is 17.8 Å². The number of nitrogens with zero attached hydrogens (tertiary/aromatic N) is 3. The van der Waals surface area contributed by atoms with Gasteiger partial charge in [0.05, 0.1) is 25.5 Å². The molecule has 0 fully saturated rings. The first-order chi connectivity index (χ1) is 24.1. The first-order valence-electron chi connectivity index (χ1n) is 20.6. The van der Waals surface area contributed by atoms with Gasteiger partial charge in [-0.3, -0.25) is 4.79 Å². The van der Waals surface area contributed by atoms with Gasteiger partial charge >= 0.3 is 5.97 Å². The Morgan fingerprint density at radius 3 is 1.49 bits per heavy atom. The molecule has 7 heteroatoms. The number of rotatable bonds is 35. The highest BCUT2D eigenvalue weighted by molar-refractivity contribution is 5.66. The number of unbranched alkanes of at least 4 members (excludes halogenated alkanes) is 23. The number of aliphatic carboxylic acids is 1. The maximum absolute atomic E-state index is 10.7. The molecule has 1 aromatic heterocycles. The lowest BCUT2D eigenvalue weighted by Crippen LogP contribution is -2.04. The molecule has 0 spiro atoms. The first kappa shape index (κ1) is 42.6. The maximum Gasteiger partial charge on any atom is 0.303 e. The van der Waals surface area contributed by atoms with Crippen molar-refractivity contribution in [2.24, 2.45) is 0 Å². The van der Waals surface area contributed by atoms with Gasteiger partial charge in [-0.25, -0.2) is 4.68 Å². The number of aromatic nitrogens is 3. The quantitative estimate of drug-likeness (QED) is 0.0728. The summed E-state index contributed by atoms with van der Waals surface area (Å²) < 4.78 is 14.5. The molecular formula is C42H73N3O4. The van der Waals surface area contributed by atoms with Gasteiger partial charge in [-0.2, -0.15) is 0 Å². The van der Waals surface area contributed by atoms with Gasteiger partial charge in [0.25, 0.3) is 0 Å². The molecule has 0 amide bonds. The molecule has 0 unspecified atom stereocenters. The van der Waals surface area contributed by atoms with E-state index < -0.39 is 5.97 Å². The highest BCUT2D eigenvalue weighted by Crippen LogP contribution is 2.25. The SMILES string of the molecule is CCCCCCCCCCCCOc1cc(Cn2cc(CCCCCCCCC(=O)O)nn2)cc(OCCCCCCCCCCCC)c1. The van der Waals surface area contributed by atoms with Crippen LogP contribution in [-0.4, -0.2) is 39.3 Å². The highest BCUT2D eigenvalue weighted by atomic mass is 16.5. The molecule has 1 heterocycles. The summed E-state index contributed by atoms with van der Waals surface area (Å²) in [5, 5.41) is 17.6. The van der Waals surface area contributed by atoms with E-state index in [1.165, 1.54) is 116 Å². The summed E-state index contributed by atoms with van der Waals surface area (Å²) in [5.74, 6) is 1.07. The number of hydrogen-bond acceptors (Lipinski definition) is 5. The Hall–Kier alpha value is -2.57.